The number of carbonyl (C=O) groups excluding carboxylic acids is 1. The smallest absolute Gasteiger partial charge is 0.319 e. The van der Waals surface area contributed by atoms with Gasteiger partial charge < -0.3 is 9.88 Å². The quantitative estimate of drug-likeness (QED) is 0.702. The maximum absolute atomic E-state index is 12.4. The summed E-state index contributed by atoms with van der Waals surface area (Å²) >= 11 is 2.85. The third-order valence-electron chi connectivity index (χ3n) is 3.63. The summed E-state index contributed by atoms with van der Waals surface area (Å²) in [4.78, 5) is 40.7. The Kier molecular flexibility index (Phi) is 4.78. The van der Waals surface area contributed by atoms with Crippen molar-refractivity contribution in [1.82, 2.24) is 14.1 Å². The van der Waals surface area contributed by atoms with Gasteiger partial charge in [0.15, 0.2) is 4.34 Å². The molecule has 1 unspecified atom stereocenters. The van der Waals surface area contributed by atoms with Gasteiger partial charge in [-0.2, -0.15) is 0 Å². The van der Waals surface area contributed by atoms with Crippen LogP contribution in [-0.2, 0) is 18.9 Å². The molecule has 0 aliphatic heterocycles. The molecule has 3 aromatic rings. The summed E-state index contributed by atoms with van der Waals surface area (Å²) in [5.74, 6) is -0.319. The van der Waals surface area contributed by atoms with Gasteiger partial charge in [-0.1, -0.05) is 23.9 Å². The highest BCUT2D eigenvalue weighted by molar-refractivity contribution is 8.02. The minimum absolute atomic E-state index is 0.0753. The summed E-state index contributed by atoms with van der Waals surface area (Å²) < 4.78 is 4.06. The number of fused-ring (bicyclic) bond motifs is 1. The van der Waals surface area contributed by atoms with E-state index in [-0.39, 0.29) is 11.6 Å². The topological polar surface area (TPSA) is 86.0 Å². The van der Waals surface area contributed by atoms with E-state index in [1.54, 1.807) is 6.92 Å². The van der Waals surface area contributed by atoms with E-state index in [1.165, 1.54) is 48.0 Å². The maximum atomic E-state index is 12.4. The molecule has 25 heavy (non-hydrogen) atoms. The lowest BCUT2D eigenvalue weighted by atomic mass is 10.3. The lowest BCUT2D eigenvalue weighted by molar-refractivity contribution is -0.115. The molecule has 0 aliphatic rings. The predicted octanol–water partition coefficient (Wildman–Crippen LogP) is 1.81. The molecule has 3 rings (SSSR count). The average molecular weight is 376 g/mol. The van der Waals surface area contributed by atoms with Crippen LogP contribution in [0.2, 0.25) is 0 Å². The van der Waals surface area contributed by atoms with Crippen molar-refractivity contribution in [1.29, 1.82) is 0 Å². The van der Waals surface area contributed by atoms with Crippen LogP contribution >= 0.6 is 23.1 Å². The van der Waals surface area contributed by atoms with Crippen LogP contribution in [0.3, 0.4) is 0 Å². The molecule has 1 aromatic carbocycles. The van der Waals surface area contributed by atoms with Crippen molar-refractivity contribution in [3.8, 4) is 0 Å². The van der Waals surface area contributed by atoms with Crippen molar-refractivity contribution >= 4 is 44.9 Å². The monoisotopic (exact) mass is 376 g/mol. The molecule has 2 aromatic heterocycles. The maximum Gasteiger partial charge on any atom is 0.330 e. The Morgan fingerprint density at radius 3 is 2.72 bits per heavy atom. The number of nitrogens with zero attached hydrogens (tertiary/aromatic N) is 3. The molecular weight excluding hydrogens is 360 g/mol. The highest BCUT2D eigenvalue weighted by atomic mass is 32.2. The molecule has 1 N–H and O–H groups in total. The van der Waals surface area contributed by atoms with Gasteiger partial charge in [0.2, 0.25) is 5.91 Å². The van der Waals surface area contributed by atoms with Gasteiger partial charge in [0.1, 0.15) is 5.69 Å². The van der Waals surface area contributed by atoms with E-state index >= 15 is 0 Å². The summed E-state index contributed by atoms with van der Waals surface area (Å²) in [5.41, 5.74) is -0.00516. The summed E-state index contributed by atoms with van der Waals surface area (Å²) in [6.45, 7) is 1.75. The fraction of sp³-hybridized carbons (Fsp3) is 0.250. The molecule has 0 bridgehead atoms. The third kappa shape index (κ3) is 3.52. The summed E-state index contributed by atoms with van der Waals surface area (Å²) in [6, 6.07) is 7.77. The number of amides is 1. The van der Waals surface area contributed by atoms with Crippen molar-refractivity contribution in [3.05, 3.63) is 51.3 Å². The van der Waals surface area contributed by atoms with Crippen molar-refractivity contribution in [2.75, 3.05) is 5.32 Å². The predicted molar refractivity (Wildman–Crippen MR) is 100 cm³/mol. The van der Waals surface area contributed by atoms with E-state index in [1.807, 2.05) is 24.3 Å². The molecule has 0 radical (unpaired) electrons. The zero-order valence-corrected chi connectivity index (χ0v) is 15.5. The van der Waals surface area contributed by atoms with Crippen molar-refractivity contribution in [2.24, 2.45) is 14.1 Å². The standard InChI is InChI=1S/C16H16N4O3S2/c1-9(24-15-18-10-6-4-5-7-12(10)25-15)13(21)17-11-8-19(2)16(23)20(3)14(11)22/h4-9H,1-3H3,(H,17,21). The Bertz CT molecular complexity index is 1030. The lowest BCUT2D eigenvalue weighted by Gasteiger charge is -2.11. The van der Waals surface area contributed by atoms with Crippen LogP contribution in [0.1, 0.15) is 6.92 Å². The van der Waals surface area contributed by atoms with E-state index in [0.717, 1.165) is 19.1 Å². The van der Waals surface area contributed by atoms with E-state index in [0.29, 0.717) is 0 Å². The van der Waals surface area contributed by atoms with Crippen molar-refractivity contribution < 1.29 is 4.79 Å². The zero-order chi connectivity index (χ0) is 18.1. The van der Waals surface area contributed by atoms with Gasteiger partial charge >= 0.3 is 5.69 Å². The Morgan fingerprint density at radius 2 is 2.00 bits per heavy atom. The number of aromatic nitrogens is 3. The Hall–Kier alpha value is -2.39. The summed E-state index contributed by atoms with van der Waals surface area (Å²) in [5, 5.41) is 2.15. The second kappa shape index (κ2) is 6.85. The van der Waals surface area contributed by atoms with Crippen LogP contribution in [0, 0.1) is 0 Å². The molecule has 0 fully saturated rings. The SMILES string of the molecule is CC(Sc1nc2ccccc2s1)C(=O)Nc1cn(C)c(=O)n(C)c1=O. The Morgan fingerprint density at radius 1 is 1.28 bits per heavy atom. The highest BCUT2D eigenvalue weighted by Gasteiger charge is 2.19. The van der Waals surface area contributed by atoms with Crippen molar-refractivity contribution in [2.45, 2.75) is 16.5 Å². The van der Waals surface area contributed by atoms with Crippen LogP contribution in [0.5, 0.6) is 0 Å². The largest absolute Gasteiger partial charge is 0.330 e. The number of rotatable bonds is 4. The van der Waals surface area contributed by atoms with Gasteiger partial charge in [-0.15, -0.1) is 11.3 Å². The van der Waals surface area contributed by atoms with Gasteiger partial charge in [-0.25, -0.2) is 9.78 Å². The molecule has 1 amide bonds. The molecule has 0 aliphatic carbocycles. The number of thiazole rings is 1. The fourth-order valence-electron chi connectivity index (χ4n) is 2.23. The minimum atomic E-state index is -0.534. The fourth-order valence-corrected chi connectivity index (χ4v) is 4.45. The Balaban J connectivity index is 1.77. The summed E-state index contributed by atoms with van der Waals surface area (Å²) in [6.07, 6.45) is 1.33. The number of thioether (sulfide) groups is 1. The number of anilines is 1. The van der Waals surface area contributed by atoms with Gasteiger partial charge in [0.25, 0.3) is 5.56 Å². The third-order valence-corrected chi connectivity index (χ3v) is 5.86. The molecule has 130 valence electrons. The molecule has 0 spiro atoms. The van der Waals surface area contributed by atoms with Crippen LogP contribution < -0.4 is 16.6 Å². The number of para-hydroxylation sites is 1. The molecule has 9 heteroatoms. The van der Waals surface area contributed by atoms with E-state index in [2.05, 4.69) is 10.3 Å². The Labute approximate surface area is 151 Å². The van der Waals surface area contributed by atoms with E-state index in [4.69, 9.17) is 0 Å². The van der Waals surface area contributed by atoms with Crippen LogP contribution in [0.15, 0.2) is 44.4 Å². The molecule has 0 saturated heterocycles. The molecular formula is C16H16N4O3S2. The molecule has 2 heterocycles. The lowest BCUT2D eigenvalue weighted by Crippen LogP contribution is -2.39. The number of hydrogen-bond donors (Lipinski definition) is 1. The van der Waals surface area contributed by atoms with Gasteiger partial charge in [-0.05, 0) is 19.1 Å². The number of aryl methyl sites for hydroxylation is 1. The second-order valence-corrected chi connectivity index (χ2v) is 8.12. The molecule has 1 atom stereocenters. The average Bonchev–Trinajstić information content (AvgIpc) is 2.99. The van der Waals surface area contributed by atoms with Crippen molar-refractivity contribution in [3.63, 3.8) is 0 Å². The number of nitrogens with one attached hydrogen (secondary N) is 1. The normalized spacial score (nSPS) is 12.3. The van der Waals surface area contributed by atoms with Crippen LogP contribution in [0.4, 0.5) is 5.69 Å². The van der Waals surface area contributed by atoms with E-state index < -0.39 is 16.5 Å². The zero-order valence-electron chi connectivity index (χ0n) is 13.8. The molecule has 0 saturated carbocycles. The van der Waals surface area contributed by atoms with E-state index in [9.17, 15) is 14.4 Å². The first-order valence-electron chi connectivity index (χ1n) is 7.46. The number of hydrogen-bond acceptors (Lipinski definition) is 6. The van der Waals surface area contributed by atoms with Gasteiger partial charge in [0.05, 0.1) is 15.5 Å². The second-order valence-electron chi connectivity index (χ2n) is 5.50. The number of benzene rings is 1. The highest BCUT2D eigenvalue weighted by Crippen LogP contribution is 2.32. The van der Waals surface area contributed by atoms with Gasteiger partial charge in [0, 0.05) is 20.3 Å². The number of carbonyl (C=O) groups is 1. The first-order chi connectivity index (χ1) is 11.9. The van der Waals surface area contributed by atoms with Gasteiger partial charge in [-0.3, -0.25) is 14.2 Å². The van der Waals surface area contributed by atoms with Crippen LogP contribution in [-0.4, -0.2) is 25.3 Å². The van der Waals surface area contributed by atoms with Crippen LogP contribution in [0.25, 0.3) is 10.2 Å². The first kappa shape index (κ1) is 17.4. The minimum Gasteiger partial charge on any atom is -0.319 e. The summed E-state index contributed by atoms with van der Waals surface area (Å²) in [7, 11) is 2.90. The first-order valence-corrected chi connectivity index (χ1v) is 9.16. The molecule has 7 nitrogen and oxygen atoms in total.